The zero-order chi connectivity index (χ0) is 26.0. The van der Waals surface area contributed by atoms with Gasteiger partial charge in [0, 0.05) is 44.1 Å². The number of fused-ring (bicyclic) bond motifs is 2. The number of rotatable bonds is 3. The molecule has 4 rings (SSSR count). The lowest BCUT2D eigenvalue weighted by atomic mass is 9.83. The molecule has 0 saturated carbocycles. The van der Waals surface area contributed by atoms with E-state index >= 15 is 0 Å². The van der Waals surface area contributed by atoms with Crippen LogP contribution in [-0.2, 0) is 0 Å². The molecule has 0 atom stereocenters. The van der Waals surface area contributed by atoms with E-state index in [0.717, 1.165) is 12.1 Å². The predicted octanol–water partition coefficient (Wildman–Crippen LogP) is 7.18. The van der Waals surface area contributed by atoms with E-state index in [0.29, 0.717) is 0 Å². The maximum Gasteiger partial charge on any atom is 0.337 e. The first kappa shape index (κ1) is 25.3. The molecule has 0 amide bonds. The first-order valence-corrected chi connectivity index (χ1v) is 11.6. The van der Waals surface area contributed by atoms with Gasteiger partial charge in [0.2, 0.25) is 5.43 Å². The number of carbonyl (C=O) groups is 2. The van der Waals surface area contributed by atoms with Crippen LogP contribution >= 0.6 is 46.4 Å². The van der Waals surface area contributed by atoms with Crippen molar-refractivity contribution in [1.82, 2.24) is 0 Å². The molecule has 2 aliphatic rings. The van der Waals surface area contributed by atoms with Gasteiger partial charge in [0.05, 0.1) is 20.6 Å². The quantitative estimate of drug-likeness (QED) is 0.213. The molecule has 1 aliphatic carbocycles. The molecule has 0 spiro atoms. The highest BCUT2D eigenvalue weighted by molar-refractivity contribution is 6.42. The third-order valence-electron chi connectivity index (χ3n) is 5.43. The van der Waals surface area contributed by atoms with Crippen LogP contribution in [0.25, 0.3) is 33.4 Å². The van der Waals surface area contributed by atoms with Gasteiger partial charge in [0.15, 0.2) is 5.78 Å². The van der Waals surface area contributed by atoms with Gasteiger partial charge >= 0.3 is 5.97 Å². The van der Waals surface area contributed by atoms with E-state index in [2.05, 4.69) is 0 Å². The van der Waals surface area contributed by atoms with E-state index in [4.69, 9.17) is 50.8 Å². The second-order valence-corrected chi connectivity index (χ2v) is 10.5. The summed E-state index contributed by atoms with van der Waals surface area (Å²) in [6.45, 7) is 5.05. The fourth-order valence-corrected chi connectivity index (χ4v) is 4.74. The third-order valence-corrected chi connectivity index (χ3v) is 6.71. The van der Waals surface area contributed by atoms with Gasteiger partial charge in [-0.15, -0.1) is 0 Å². The normalized spacial score (nSPS) is 11.9. The van der Waals surface area contributed by atoms with Crippen molar-refractivity contribution < 1.29 is 24.2 Å². The number of carboxylic acids is 1. The highest BCUT2D eigenvalue weighted by atomic mass is 35.5. The zero-order valence-electron chi connectivity index (χ0n) is 18.4. The molecule has 1 aliphatic heterocycles. The van der Waals surface area contributed by atoms with E-state index in [1.807, 2.05) is 0 Å². The highest BCUT2D eigenvalue weighted by Crippen LogP contribution is 2.48. The molecule has 0 radical (unpaired) electrons. The number of benzene rings is 3. The van der Waals surface area contributed by atoms with Gasteiger partial charge in [-0.25, -0.2) is 4.79 Å². The van der Waals surface area contributed by atoms with E-state index in [1.165, 1.54) is 18.2 Å². The van der Waals surface area contributed by atoms with Gasteiger partial charge in [0.25, 0.3) is 0 Å². The second kappa shape index (κ2) is 8.71. The lowest BCUT2D eigenvalue weighted by Gasteiger charge is -2.23. The van der Waals surface area contributed by atoms with Gasteiger partial charge in [-0.2, -0.15) is 0 Å². The van der Waals surface area contributed by atoms with Crippen molar-refractivity contribution in [2.24, 2.45) is 5.41 Å². The third kappa shape index (κ3) is 4.25. The van der Waals surface area contributed by atoms with Crippen molar-refractivity contribution in [3.05, 3.63) is 71.8 Å². The minimum absolute atomic E-state index is 0.00402. The Morgan fingerprint density at radius 3 is 2.17 bits per heavy atom. The summed E-state index contributed by atoms with van der Waals surface area (Å²) >= 11 is 25.4. The van der Waals surface area contributed by atoms with Gasteiger partial charge in [-0.3, -0.25) is 9.59 Å². The smallest absolute Gasteiger partial charge is 0.337 e. The molecule has 1 heterocycles. The molecule has 1 N–H and O–H groups in total. The molecular formula is C25H15Cl4O6-. The van der Waals surface area contributed by atoms with E-state index in [9.17, 15) is 24.6 Å². The Balaban J connectivity index is 2.32. The topological polar surface area (TPSA) is 108 Å². The van der Waals surface area contributed by atoms with Crippen LogP contribution in [0.4, 0.5) is 0 Å². The summed E-state index contributed by atoms with van der Waals surface area (Å²) in [5, 5.41) is 21.8. The second-order valence-electron chi connectivity index (χ2n) is 8.89. The van der Waals surface area contributed by atoms with Crippen LogP contribution in [0.1, 0.15) is 41.5 Å². The maximum absolute atomic E-state index is 13.2. The number of hydrogen-bond acceptors (Lipinski definition) is 5. The summed E-state index contributed by atoms with van der Waals surface area (Å²) < 4.78 is 5.77. The average molecular weight is 553 g/mol. The van der Waals surface area contributed by atoms with Crippen LogP contribution in [0.3, 0.4) is 0 Å². The Hall–Kier alpha value is -2.77. The number of carbonyl (C=O) groups excluding carboxylic acids is 1. The number of Topliss-reactive ketones (excluding diaryl/α,β-unsaturated/α-hetero) is 1. The molecule has 10 heteroatoms. The predicted molar refractivity (Wildman–Crippen MR) is 135 cm³/mol. The standard InChI is InChI=1S/C25H16Cl4O6/c1-25(2,3)23(32)11-6-14(28)20(24(33)34)21(22(11)29)19-9-4-12(26)15(30)7-17(9)35-18-8-16(31)13(27)5-10(18)19/h4-8,30H,1-3H3,(H,33,34)/p-1. The summed E-state index contributed by atoms with van der Waals surface area (Å²) in [4.78, 5) is 37.8. The fourth-order valence-electron chi connectivity index (χ4n) is 3.80. The van der Waals surface area contributed by atoms with E-state index in [-0.39, 0.29) is 70.4 Å². The van der Waals surface area contributed by atoms with Crippen molar-refractivity contribution in [3.8, 4) is 28.2 Å². The van der Waals surface area contributed by atoms with Crippen LogP contribution in [0.15, 0.2) is 39.5 Å². The van der Waals surface area contributed by atoms with Crippen molar-refractivity contribution in [3.63, 3.8) is 0 Å². The minimum atomic E-state index is -1.41. The van der Waals surface area contributed by atoms with Crippen molar-refractivity contribution in [2.45, 2.75) is 20.8 Å². The number of hydrogen-bond donors (Lipinski definition) is 1. The zero-order valence-corrected chi connectivity index (χ0v) is 21.4. The van der Waals surface area contributed by atoms with Crippen LogP contribution in [0.5, 0.6) is 5.75 Å². The molecule has 0 bridgehead atoms. The van der Waals surface area contributed by atoms with Gasteiger partial charge in [0.1, 0.15) is 11.3 Å². The Morgan fingerprint density at radius 2 is 1.57 bits per heavy atom. The molecule has 6 nitrogen and oxygen atoms in total. The lowest BCUT2D eigenvalue weighted by molar-refractivity contribution is -0.268. The summed E-state index contributed by atoms with van der Waals surface area (Å²) in [7, 11) is 0. The van der Waals surface area contributed by atoms with E-state index in [1.54, 1.807) is 20.8 Å². The van der Waals surface area contributed by atoms with Crippen molar-refractivity contribution >= 4 is 69.1 Å². The number of ketones is 1. The molecule has 2 aromatic carbocycles. The first-order valence-electron chi connectivity index (χ1n) is 10.1. The molecule has 180 valence electrons. The Morgan fingerprint density at radius 1 is 0.914 bits per heavy atom. The van der Waals surface area contributed by atoms with E-state index < -0.39 is 22.6 Å². The van der Waals surface area contributed by atoms with Crippen LogP contribution in [0.2, 0.25) is 20.1 Å². The Labute approximate surface area is 218 Å². The maximum atomic E-state index is 13.2. The average Bonchev–Trinajstić information content (AvgIpc) is 2.74. The molecule has 0 aromatic heterocycles. The number of halogens is 4. The monoisotopic (exact) mass is 551 g/mol. The fraction of sp³-hybridized carbons (Fsp3) is 0.160. The Bertz CT molecular complexity index is 1600. The highest BCUT2D eigenvalue weighted by Gasteiger charge is 2.32. The van der Waals surface area contributed by atoms with Crippen molar-refractivity contribution in [1.29, 1.82) is 0 Å². The molecular weight excluding hydrogens is 538 g/mol. The van der Waals surface area contributed by atoms with Gasteiger partial charge in [-0.05, 0) is 24.3 Å². The summed E-state index contributed by atoms with van der Waals surface area (Å²) in [5.41, 5.74) is -1.55. The molecule has 0 fully saturated rings. The van der Waals surface area contributed by atoms with Crippen LogP contribution < -0.4 is 10.5 Å². The number of aromatic carboxylic acids is 1. The molecule has 0 saturated heterocycles. The Kier molecular flexibility index (Phi) is 6.31. The summed E-state index contributed by atoms with van der Waals surface area (Å²) in [5.74, 6) is -2.33. The van der Waals surface area contributed by atoms with Gasteiger partial charge in [-0.1, -0.05) is 72.9 Å². The number of carboxylic acid groups (broad SMARTS) is 1. The summed E-state index contributed by atoms with van der Waals surface area (Å²) in [6.07, 6.45) is 0. The van der Waals surface area contributed by atoms with Crippen LogP contribution in [0, 0.1) is 5.41 Å². The summed E-state index contributed by atoms with van der Waals surface area (Å²) in [6, 6.07) is 6.03. The molecule has 2 aromatic rings. The molecule has 0 unspecified atom stereocenters. The first-order chi connectivity index (χ1) is 16.2. The molecule has 35 heavy (non-hydrogen) atoms. The van der Waals surface area contributed by atoms with Crippen LogP contribution in [-0.4, -0.2) is 16.9 Å². The van der Waals surface area contributed by atoms with Crippen molar-refractivity contribution in [2.75, 3.05) is 0 Å². The lowest BCUT2D eigenvalue weighted by Crippen LogP contribution is -2.21. The minimum Gasteiger partial charge on any atom is -0.871 e. The van der Waals surface area contributed by atoms with Gasteiger partial charge < -0.3 is 14.6 Å². The SMILES string of the molecule is CC(C)(C)C(=O)c1cc(Cl)c(C(=O)O)c(-c2c3cc(Cl)c(=O)cc-3oc3cc([O-])c(Cl)cc23)c1Cl. The largest absolute Gasteiger partial charge is 0.871 e.